The number of rotatable bonds is 2. The second kappa shape index (κ2) is 3.78. The number of nitrogens with two attached hydrogens (primary N) is 1. The molecule has 3 heteroatoms. The van der Waals surface area contributed by atoms with E-state index < -0.39 is 0 Å². The minimum absolute atomic E-state index is 0.159. The molecule has 13 heavy (non-hydrogen) atoms. The molecule has 1 unspecified atom stereocenters. The van der Waals surface area contributed by atoms with Crippen LogP contribution in [-0.4, -0.2) is 0 Å². The van der Waals surface area contributed by atoms with Crippen LogP contribution in [0.2, 0.25) is 0 Å². The molecular formula is C10H18N2S. The molecule has 0 spiro atoms. The average molecular weight is 198 g/mol. The Hall–Kier alpha value is -0.380. The second-order valence-electron chi connectivity index (χ2n) is 4.41. The molecular weight excluding hydrogens is 180 g/mol. The van der Waals surface area contributed by atoms with Gasteiger partial charge in [0.15, 0.2) is 0 Å². The van der Waals surface area contributed by atoms with Crippen molar-refractivity contribution in [2.45, 2.75) is 33.7 Å². The molecule has 0 saturated heterocycles. The minimum atomic E-state index is 0.159. The summed E-state index contributed by atoms with van der Waals surface area (Å²) in [5.41, 5.74) is 3.04. The lowest BCUT2D eigenvalue weighted by molar-refractivity contribution is 0.279. The monoisotopic (exact) mass is 198 g/mol. The predicted molar refractivity (Wildman–Crippen MR) is 58.6 cm³/mol. The van der Waals surface area contributed by atoms with Crippen molar-refractivity contribution in [3.05, 3.63) is 21.9 Å². The van der Waals surface area contributed by atoms with Gasteiger partial charge >= 0.3 is 0 Å². The Morgan fingerprint density at radius 3 is 2.31 bits per heavy atom. The summed E-state index contributed by atoms with van der Waals surface area (Å²) in [6.07, 6.45) is 0. The summed E-state index contributed by atoms with van der Waals surface area (Å²) in [6.45, 7) is 8.68. The maximum Gasteiger partial charge on any atom is 0.0601 e. The van der Waals surface area contributed by atoms with Gasteiger partial charge in [-0.15, -0.1) is 11.3 Å². The van der Waals surface area contributed by atoms with Gasteiger partial charge in [-0.1, -0.05) is 20.8 Å². The summed E-state index contributed by atoms with van der Waals surface area (Å²) >= 11 is 1.80. The van der Waals surface area contributed by atoms with Gasteiger partial charge in [-0.3, -0.25) is 11.3 Å². The van der Waals surface area contributed by atoms with Gasteiger partial charge in [0.1, 0.15) is 0 Å². The molecule has 0 aliphatic carbocycles. The van der Waals surface area contributed by atoms with E-state index in [1.165, 1.54) is 9.75 Å². The Morgan fingerprint density at radius 2 is 2.00 bits per heavy atom. The van der Waals surface area contributed by atoms with Gasteiger partial charge in [0.05, 0.1) is 6.04 Å². The maximum absolute atomic E-state index is 5.56. The van der Waals surface area contributed by atoms with Crippen LogP contribution in [0.15, 0.2) is 12.1 Å². The van der Waals surface area contributed by atoms with Crippen LogP contribution in [-0.2, 0) is 0 Å². The van der Waals surface area contributed by atoms with Gasteiger partial charge < -0.3 is 0 Å². The van der Waals surface area contributed by atoms with Crippen LogP contribution in [0.5, 0.6) is 0 Å². The first kappa shape index (κ1) is 10.7. The van der Waals surface area contributed by atoms with Gasteiger partial charge in [-0.25, -0.2) is 0 Å². The molecule has 0 aliphatic rings. The quantitative estimate of drug-likeness (QED) is 0.566. The second-order valence-corrected chi connectivity index (χ2v) is 5.73. The van der Waals surface area contributed by atoms with E-state index in [1.807, 2.05) is 0 Å². The van der Waals surface area contributed by atoms with Gasteiger partial charge in [-0.05, 0) is 24.5 Å². The Kier molecular flexibility index (Phi) is 3.11. The molecule has 3 N–H and O–H groups in total. The molecule has 0 radical (unpaired) electrons. The van der Waals surface area contributed by atoms with Crippen molar-refractivity contribution in [1.29, 1.82) is 0 Å². The van der Waals surface area contributed by atoms with Crippen LogP contribution in [0.3, 0.4) is 0 Å². The van der Waals surface area contributed by atoms with Crippen molar-refractivity contribution in [3.63, 3.8) is 0 Å². The topological polar surface area (TPSA) is 38.0 Å². The fourth-order valence-electron chi connectivity index (χ4n) is 1.37. The lowest BCUT2D eigenvalue weighted by atomic mass is 9.86. The van der Waals surface area contributed by atoms with Crippen molar-refractivity contribution in [3.8, 4) is 0 Å². The van der Waals surface area contributed by atoms with Gasteiger partial charge in [0.25, 0.3) is 0 Å². The highest BCUT2D eigenvalue weighted by atomic mass is 32.1. The van der Waals surface area contributed by atoms with Crippen molar-refractivity contribution in [1.82, 2.24) is 5.43 Å². The van der Waals surface area contributed by atoms with E-state index in [0.717, 1.165) is 0 Å². The Bertz CT molecular complexity index is 273. The molecule has 0 aromatic carbocycles. The summed E-state index contributed by atoms with van der Waals surface area (Å²) in [7, 11) is 0. The molecule has 1 aromatic rings. The fraction of sp³-hybridized carbons (Fsp3) is 0.600. The Morgan fingerprint density at radius 1 is 1.38 bits per heavy atom. The molecule has 1 rings (SSSR count). The molecule has 2 nitrogen and oxygen atoms in total. The third-order valence-corrected chi connectivity index (χ3v) is 3.14. The number of hydrogen-bond donors (Lipinski definition) is 2. The third-order valence-electron chi connectivity index (χ3n) is 2.08. The normalized spacial score (nSPS) is 14.5. The molecule has 0 saturated carbocycles. The van der Waals surface area contributed by atoms with Gasteiger partial charge in [-0.2, -0.15) is 0 Å². The number of hydrogen-bond acceptors (Lipinski definition) is 3. The minimum Gasteiger partial charge on any atom is -0.271 e. The number of hydrazine groups is 1. The van der Waals surface area contributed by atoms with Crippen LogP contribution in [0, 0.1) is 12.3 Å². The van der Waals surface area contributed by atoms with Gasteiger partial charge in [0, 0.05) is 9.75 Å². The molecule has 74 valence electrons. The zero-order valence-electron chi connectivity index (χ0n) is 8.72. The Balaban J connectivity index is 2.91. The van der Waals surface area contributed by atoms with E-state index in [0.29, 0.717) is 0 Å². The zero-order valence-corrected chi connectivity index (χ0v) is 9.53. The van der Waals surface area contributed by atoms with E-state index in [-0.39, 0.29) is 11.5 Å². The first-order chi connectivity index (χ1) is 5.95. The van der Waals surface area contributed by atoms with E-state index >= 15 is 0 Å². The van der Waals surface area contributed by atoms with Crippen molar-refractivity contribution < 1.29 is 0 Å². The third kappa shape index (κ3) is 2.53. The SMILES string of the molecule is Cc1ccc(C(NN)C(C)(C)C)s1. The molecule has 0 bridgehead atoms. The highest BCUT2D eigenvalue weighted by Crippen LogP contribution is 2.35. The lowest BCUT2D eigenvalue weighted by Crippen LogP contribution is -2.36. The highest BCUT2D eigenvalue weighted by Gasteiger charge is 2.25. The fourth-order valence-corrected chi connectivity index (χ4v) is 2.55. The van der Waals surface area contributed by atoms with Crippen LogP contribution in [0.4, 0.5) is 0 Å². The summed E-state index contributed by atoms with van der Waals surface area (Å²) < 4.78 is 0. The highest BCUT2D eigenvalue weighted by molar-refractivity contribution is 7.12. The van der Waals surface area contributed by atoms with Gasteiger partial charge in [0.2, 0.25) is 0 Å². The largest absolute Gasteiger partial charge is 0.271 e. The summed E-state index contributed by atoms with van der Waals surface area (Å²) in [5, 5.41) is 0. The standard InChI is InChI=1S/C10H18N2S/c1-7-5-6-8(13-7)9(12-11)10(2,3)4/h5-6,9,12H,11H2,1-4H3. The van der Waals surface area contributed by atoms with Crippen molar-refractivity contribution >= 4 is 11.3 Å². The zero-order chi connectivity index (χ0) is 10.1. The summed E-state index contributed by atoms with van der Waals surface area (Å²) in [5.74, 6) is 5.56. The lowest BCUT2D eigenvalue weighted by Gasteiger charge is -2.29. The Labute approximate surface area is 84.1 Å². The van der Waals surface area contributed by atoms with Crippen LogP contribution < -0.4 is 11.3 Å². The predicted octanol–water partition coefficient (Wildman–Crippen LogP) is 2.61. The van der Waals surface area contributed by atoms with Crippen LogP contribution in [0.1, 0.15) is 36.6 Å². The number of aryl methyl sites for hydroxylation is 1. The van der Waals surface area contributed by atoms with Crippen molar-refractivity contribution in [2.24, 2.45) is 11.3 Å². The molecule has 0 amide bonds. The molecule has 1 aromatic heterocycles. The van der Waals surface area contributed by atoms with E-state index in [9.17, 15) is 0 Å². The average Bonchev–Trinajstić information content (AvgIpc) is 2.34. The smallest absolute Gasteiger partial charge is 0.0601 e. The number of thiophene rings is 1. The number of nitrogens with one attached hydrogen (secondary N) is 1. The summed E-state index contributed by atoms with van der Waals surface area (Å²) in [4.78, 5) is 2.65. The maximum atomic E-state index is 5.56. The van der Waals surface area contributed by atoms with E-state index in [2.05, 4.69) is 45.3 Å². The van der Waals surface area contributed by atoms with E-state index in [4.69, 9.17) is 5.84 Å². The first-order valence-electron chi connectivity index (χ1n) is 4.47. The van der Waals surface area contributed by atoms with E-state index in [1.54, 1.807) is 11.3 Å². The summed E-state index contributed by atoms with van der Waals surface area (Å²) in [6, 6.07) is 4.53. The molecule has 1 atom stereocenters. The molecule has 1 heterocycles. The van der Waals surface area contributed by atoms with Crippen LogP contribution in [0.25, 0.3) is 0 Å². The van der Waals surface area contributed by atoms with Crippen LogP contribution >= 0.6 is 11.3 Å². The van der Waals surface area contributed by atoms with Crippen molar-refractivity contribution in [2.75, 3.05) is 0 Å². The molecule has 0 aliphatic heterocycles. The first-order valence-corrected chi connectivity index (χ1v) is 5.29. The molecule has 0 fully saturated rings.